The summed E-state index contributed by atoms with van der Waals surface area (Å²) in [6, 6.07) is 11.5. The average Bonchev–Trinajstić information content (AvgIpc) is 2.88. The summed E-state index contributed by atoms with van der Waals surface area (Å²) in [5, 5.41) is 20.6. The number of hydrogen-bond donors (Lipinski definition) is 1. The fraction of sp³-hybridized carbons (Fsp3) is 0.543. The summed E-state index contributed by atoms with van der Waals surface area (Å²) in [7, 11) is 1.77. The Morgan fingerprint density at radius 2 is 1.24 bits per heavy atom. The number of nitrogens with one attached hydrogen (secondary N) is 1. The molecule has 0 aliphatic carbocycles. The second-order valence-corrected chi connectivity index (χ2v) is 13.6. The highest BCUT2D eigenvalue weighted by molar-refractivity contribution is 5.77. The van der Waals surface area contributed by atoms with Gasteiger partial charge in [-0.25, -0.2) is 8.78 Å². The molecule has 10 heteroatoms. The van der Waals surface area contributed by atoms with Gasteiger partial charge in [-0.15, -0.1) is 0 Å². The van der Waals surface area contributed by atoms with Gasteiger partial charge in [-0.2, -0.15) is 10.5 Å². The van der Waals surface area contributed by atoms with Crippen LogP contribution in [0.2, 0.25) is 0 Å². The van der Waals surface area contributed by atoms with E-state index in [0.717, 1.165) is 0 Å². The fourth-order valence-corrected chi connectivity index (χ4v) is 4.37. The minimum atomic E-state index is -0.565. The Morgan fingerprint density at radius 3 is 1.62 bits per heavy atom. The molecular weight excluding hydrogens is 578 g/mol. The lowest BCUT2D eigenvalue weighted by Crippen LogP contribution is -2.45. The Kier molecular flexibility index (Phi) is 14.8. The van der Waals surface area contributed by atoms with Crippen LogP contribution in [0.5, 0.6) is 0 Å². The summed E-state index contributed by atoms with van der Waals surface area (Å²) < 4.78 is 38.7. The van der Waals surface area contributed by atoms with Gasteiger partial charge in [0.25, 0.3) is 0 Å². The lowest BCUT2D eigenvalue weighted by atomic mass is 10.0. The first kappa shape index (κ1) is 39.2. The van der Waals surface area contributed by atoms with Crippen molar-refractivity contribution in [1.29, 1.82) is 10.5 Å². The van der Waals surface area contributed by atoms with Crippen LogP contribution in [0.15, 0.2) is 36.4 Å². The molecule has 45 heavy (non-hydrogen) atoms. The summed E-state index contributed by atoms with van der Waals surface area (Å²) in [6.45, 7) is 19.0. The van der Waals surface area contributed by atoms with Crippen molar-refractivity contribution in [1.82, 2.24) is 10.2 Å². The van der Waals surface area contributed by atoms with Crippen molar-refractivity contribution in [3.63, 3.8) is 0 Å². The number of halogens is 2. The third kappa shape index (κ3) is 13.8. The summed E-state index contributed by atoms with van der Waals surface area (Å²) in [5.41, 5.74) is 0.278. The molecule has 2 rings (SSSR count). The number of rotatable bonds is 10. The number of benzene rings is 2. The van der Waals surface area contributed by atoms with Gasteiger partial charge in [-0.05, 0) is 84.7 Å². The summed E-state index contributed by atoms with van der Waals surface area (Å²) in [6.07, 6.45) is 0. The van der Waals surface area contributed by atoms with E-state index in [1.54, 1.807) is 36.2 Å². The van der Waals surface area contributed by atoms with Crippen LogP contribution in [-0.4, -0.2) is 47.2 Å². The maximum atomic E-state index is 14.0. The molecule has 246 valence electrons. The Bertz CT molecular complexity index is 1380. The van der Waals surface area contributed by atoms with E-state index >= 15 is 0 Å². The maximum Gasteiger partial charge on any atom is 0.324 e. The number of hydrogen-bond acceptors (Lipinski definition) is 8. The van der Waals surface area contributed by atoms with E-state index in [1.165, 1.54) is 12.1 Å². The zero-order valence-electron chi connectivity index (χ0n) is 28.4. The van der Waals surface area contributed by atoms with Crippen LogP contribution in [0.25, 0.3) is 0 Å². The molecule has 2 aromatic carbocycles. The van der Waals surface area contributed by atoms with Gasteiger partial charge in [0.2, 0.25) is 0 Å². The number of nitrogens with zero attached hydrogens (tertiary/aromatic N) is 3. The number of ether oxygens (including phenoxy) is 2. The van der Waals surface area contributed by atoms with Gasteiger partial charge >= 0.3 is 11.9 Å². The van der Waals surface area contributed by atoms with Gasteiger partial charge in [0.15, 0.2) is 0 Å². The van der Waals surface area contributed by atoms with Crippen LogP contribution < -0.4 is 5.32 Å². The van der Waals surface area contributed by atoms with Crippen LogP contribution in [0.3, 0.4) is 0 Å². The second kappa shape index (κ2) is 17.0. The van der Waals surface area contributed by atoms with E-state index in [2.05, 4.69) is 5.32 Å². The molecule has 8 nitrogen and oxygen atoms in total. The number of nitriles is 2. The van der Waals surface area contributed by atoms with Crippen molar-refractivity contribution in [2.75, 3.05) is 7.05 Å². The van der Waals surface area contributed by atoms with Crippen LogP contribution in [-0.2, 0) is 32.2 Å². The Hall–Kier alpha value is -3.86. The van der Waals surface area contributed by atoms with Crippen LogP contribution >= 0.6 is 0 Å². The van der Waals surface area contributed by atoms with Gasteiger partial charge < -0.3 is 9.47 Å². The van der Waals surface area contributed by atoms with E-state index in [4.69, 9.17) is 20.0 Å². The van der Waals surface area contributed by atoms with Gasteiger partial charge in [0.05, 0.1) is 23.3 Å². The fourth-order valence-electron chi connectivity index (χ4n) is 4.37. The first-order valence-corrected chi connectivity index (χ1v) is 15.0. The van der Waals surface area contributed by atoms with Crippen molar-refractivity contribution in [2.24, 2.45) is 11.8 Å². The van der Waals surface area contributed by atoms with Crippen molar-refractivity contribution in [3.05, 3.63) is 70.3 Å². The highest BCUT2D eigenvalue weighted by Crippen LogP contribution is 2.20. The average molecular weight is 627 g/mol. The molecule has 2 aromatic rings. The van der Waals surface area contributed by atoms with Crippen molar-refractivity contribution < 1.29 is 27.8 Å². The minimum Gasteiger partial charge on any atom is -0.459 e. The first-order chi connectivity index (χ1) is 20.7. The van der Waals surface area contributed by atoms with Gasteiger partial charge in [0, 0.05) is 24.2 Å². The molecule has 2 unspecified atom stereocenters. The largest absolute Gasteiger partial charge is 0.459 e. The lowest BCUT2D eigenvalue weighted by molar-refractivity contribution is -0.163. The molecule has 0 bridgehead atoms. The molecule has 0 heterocycles. The monoisotopic (exact) mass is 626 g/mol. The molecule has 0 spiro atoms. The van der Waals surface area contributed by atoms with E-state index in [0.29, 0.717) is 11.1 Å². The standard InChI is InChI=1S/C18H25FN2O2.C17H23FN2O2/c1-12(2)16(17(22)23-18(3,4)5)21(6)11-14-8-7-13(10-20)9-15(14)19;1-11(2)15(16(21)22-17(3,4)5)20-10-13-7-6-12(9-19)8-14(13)18/h7-9,12,16H,11H2,1-6H3;6-8,11,15,20H,10H2,1-5H3. The lowest BCUT2D eigenvalue weighted by Gasteiger charge is -2.32. The van der Waals surface area contributed by atoms with Crippen molar-refractivity contribution >= 4 is 11.9 Å². The Labute approximate surface area is 267 Å². The van der Waals surface area contributed by atoms with Gasteiger partial charge in [-0.1, -0.05) is 39.8 Å². The smallest absolute Gasteiger partial charge is 0.324 e. The molecule has 0 saturated heterocycles. The molecule has 0 radical (unpaired) electrons. The predicted molar refractivity (Wildman–Crippen MR) is 169 cm³/mol. The van der Waals surface area contributed by atoms with Gasteiger partial charge in [-0.3, -0.25) is 19.8 Å². The number of carbonyl (C=O) groups excluding carboxylic acids is 2. The summed E-state index contributed by atoms with van der Waals surface area (Å²) >= 11 is 0. The van der Waals surface area contributed by atoms with Crippen LogP contribution in [0.1, 0.15) is 91.5 Å². The third-order valence-electron chi connectivity index (χ3n) is 6.38. The van der Waals surface area contributed by atoms with Crippen LogP contribution in [0.4, 0.5) is 8.78 Å². The summed E-state index contributed by atoms with van der Waals surface area (Å²) in [4.78, 5) is 26.4. The van der Waals surface area contributed by atoms with E-state index in [-0.39, 0.29) is 48.0 Å². The molecule has 0 aliphatic rings. The molecule has 1 N–H and O–H groups in total. The molecule has 0 fully saturated rings. The summed E-state index contributed by atoms with van der Waals surface area (Å²) in [5.74, 6) is -1.53. The van der Waals surface area contributed by atoms with Crippen molar-refractivity contribution in [2.45, 2.75) is 106 Å². The molecule has 0 saturated carbocycles. The first-order valence-electron chi connectivity index (χ1n) is 15.0. The third-order valence-corrected chi connectivity index (χ3v) is 6.38. The zero-order valence-corrected chi connectivity index (χ0v) is 28.4. The molecular formula is C35H48F2N4O4. The second-order valence-electron chi connectivity index (χ2n) is 13.6. The van der Waals surface area contributed by atoms with Gasteiger partial charge in [0.1, 0.15) is 34.9 Å². The highest BCUT2D eigenvalue weighted by atomic mass is 19.1. The van der Waals surface area contributed by atoms with E-state index < -0.39 is 34.9 Å². The quantitative estimate of drug-likeness (QED) is 0.292. The molecule has 0 aromatic heterocycles. The van der Waals surface area contributed by atoms with E-state index in [1.807, 2.05) is 81.4 Å². The minimum absolute atomic E-state index is 0.0105. The molecule has 0 aliphatic heterocycles. The maximum absolute atomic E-state index is 14.0. The normalized spacial score (nSPS) is 12.9. The van der Waals surface area contributed by atoms with Crippen LogP contribution in [0, 0.1) is 46.1 Å². The van der Waals surface area contributed by atoms with Crippen molar-refractivity contribution in [3.8, 4) is 12.1 Å². The number of likely N-dealkylation sites (N-methyl/N-ethyl adjacent to an activating group) is 1. The van der Waals surface area contributed by atoms with E-state index in [9.17, 15) is 18.4 Å². The predicted octanol–water partition coefficient (Wildman–Crippen LogP) is 6.65. The number of esters is 2. The zero-order chi connectivity index (χ0) is 34.7. The molecule has 0 amide bonds. The Morgan fingerprint density at radius 1 is 0.800 bits per heavy atom. The SMILES string of the molecule is CC(C)C(C(=O)OC(C)(C)C)N(C)Cc1ccc(C#N)cc1F.CC(C)C(NCc1ccc(C#N)cc1F)C(=O)OC(C)(C)C. The number of carbonyl (C=O) groups is 2. The molecule has 2 atom stereocenters. The highest BCUT2D eigenvalue weighted by Gasteiger charge is 2.31. The Balaban J connectivity index is 0.000000450. The topological polar surface area (TPSA) is 115 Å².